The number of methoxy groups -OCH3 is 2. The van der Waals surface area contributed by atoms with Crippen molar-refractivity contribution in [3.8, 4) is 11.5 Å². The van der Waals surface area contributed by atoms with E-state index in [9.17, 15) is 9.59 Å². The summed E-state index contributed by atoms with van der Waals surface area (Å²) in [4.78, 5) is 46.5. The monoisotopic (exact) mass is 562 g/mol. The molecular weight excluding hydrogens is 536 g/mol. The molecule has 0 radical (unpaired) electrons. The first-order valence-corrected chi connectivity index (χ1v) is 14.2. The van der Waals surface area contributed by atoms with Crippen molar-refractivity contribution in [1.82, 2.24) is 0 Å². The topological polar surface area (TPSA) is 84.9 Å². The predicted molar refractivity (Wildman–Crippen MR) is 158 cm³/mol. The number of amides is 1. The molecule has 41 heavy (non-hydrogen) atoms. The summed E-state index contributed by atoms with van der Waals surface area (Å²) in [5, 5.41) is 4.90. The van der Waals surface area contributed by atoms with Crippen molar-refractivity contribution in [2.45, 2.75) is 17.5 Å². The van der Waals surface area contributed by atoms with Crippen LogP contribution >= 0.6 is 11.3 Å². The van der Waals surface area contributed by atoms with Crippen molar-refractivity contribution in [2.75, 3.05) is 24.4 Å². The fourth-order valence-electron chi connectivity index (χ4n) is 6.86. The Labute approximate surface area is 241 Å². The highest BCUT2D eigenvalue weighted by Gasteiger charge is 2.70. The zero-order valence-corrected chi connectivity index (χ0v) is 23.2. The summed E-state index contributed by atoms with van der Waals surface area (Å²) in [5.74, 6) is -1.13. The van der Waals surface area contributed by atoms with Crippen LogP contribution in [0.1, 0.15) is 31.2 Å². The second-order valence-corrected chi connectivity index (χ2v) is 11.3. The van der Waals surface area contributed by atoms with E-state index in [1.54, 1.807) is 24.3 Å². The van der Waals surface area contributed by atoms with Crippen LogP contribution in [0.25, 0.3) is 6.08 Å². The molecule has 8 heteroatoms. The minimum atomic E-state index is -1.39. The van der Waals surface area contributed by atoms with Gasteiger partial charge in [-0.1, -0.05) is 54.6 Å². The van der Waals surface area contributed by atoms with Gasteiger partial charge in [0.15, 0.2) is 11.6 Å². The Kier molecular flexibility index (Phi) is 5.83. The van der Waals surface area contributed by atoms with Crippen LogP contribution < -0.4 is 19.7 Å². The molecule has 3 aromatic carbocycles. The lowest BCUT2D eigenvalue weighted by Gasteiger charge is -2.37. The van der Waals surface area contributed by atoms with Crippen LogP contribution in [0.3, 0.4) is 0 Å². The van der Waals surface area contributed by atoms with E-state index in [1.165, 1.54) is 25.6 Å². The maximum atomic E-state index is 15.0. The number of hydrogen-bond donors (Lipinski definition) is 1. The van der Waals surface area contributed by atoms with E-state index in [2.05, 4.69) is 5.32 Å². The summed E-state index contributed by atoms with van der Waals surface area (Å²) in [6, 6.07) is 22.3. The van der Waals surface area contributed by atoms with Gasteiger partial charge in [0.25, 0.3) is 0 Å². The van der Waals surface area contributed by atoms with Crippen LogP contribution in [0.4, 0.5) is 11.4 Å². The lowest BCUT2D eigenvalue weighted by molar-refractivity contribution is -0.121. The molecule has 204 valence electrons. The van der Waals surface area contributed by atoms with Gasteiger partial charge in [-0.05, 0) is 52.9 Å². The Morgan fingerprint density at radius 3 is 2.51 bits per heavy atom. The van der Waals surface area contributed by atoms with Crippen LogP contribution in [0.5, 0.6) is 11.5 Å². The van der Waals surface area contributed by atoms with E-state index < -0.39 is 23.4 Å². The fraction of sp³-hybridized carbons (Fsp3) is 0.182. The summed E-state index contributed by atoms with van der Waals surface area (Å²) in [6.45, 7) is 0. The molecular formula is C33H26N2O5S. The molecule has 0 unspecified atom stereocenters. The van der Waals surface area contributed by atoms with Crippen LogP contribution in [0.15, 0.2) is 90.3 Å². The molecule has 1 saturated heterocycles. The molecule has 1 N–H and O–H groups in total. The SMILES string of the molecule is COc1ccc(OC)c(C(=O)[C@@H]2[C@H](C(=O)c3cccs3)N3c4ccccc4C=C[C@H]3[C@@]23C(=O)Nc2ccccc23)c1. The van der Waals surface area contributed by atoms with Gasteiger partial charge in [-0.25, -0.2) is 0 Å². The van der Waals surface area contributed by atoms with Crippen LogP contribution in [0.2, 0.25) is 0 Å². The number of carbonyl (C=O) groups excluding carboxylic acids is 3. The van der Waals surface area contributed by atoms with Gasteiger partial charge < -0.3 is 19.7 Å². The molecule has 0 bridgehead atoms. The highest BCUT2D eigenvalue weighted by Crippen LogP contribution is 2.58. The number of thiophene rings is 1. The van der Waals surface area contributed by atoms with Crippen molar-refractivity contribution in [3.05, 3.63) is 112 Å². The number of ketones is 2. The van der Waals surface area contributed by atoms with Gasteiger partial charge >= 0.3 is 0 Å². The standard InChI is InChI=1S/C33H26N2O5S/c1-39-20-14-15-25(40-2)21(18-20)30(36)28-29(31(37)26-12-7-17-41-26)35-24-11-6-3-8-19(24)13-16-27(35)33(28)22-9-4-5-10-23(22)34-32(33)38/h3-18,27-29H,1-2H3,(H,34,38)/t27-,28-,29+,33+/m0/s1. The van der Waals surface area contributed by atoms with Gasteiger partial charge in [0, 0.05) is 11.4 Å². The lowest BCUT2D eigenvalue weighted by Crippen LogP contribution is -2.51. The molecule has 0 aliphatic carbocycles. The molecule has 0 saturated carbocycles. The quantitative estimate of drug-likeness (QED) is 0.307. The molecule has 4 heterocycles. The minimum Gasteiger partial charge on any atom is -0.497 e. The zero-order chi connectivity index (χ0) is 28.3. The first-order valence-electron chi connectivity index (χ1n) is 13.3. The van der Waals surface area contributed by atoms with Crippen molar-refractivity contribution >= 4 is 46.3 Å². The second kappa shape index (κ2) is 9.45. The van der Waals surface area contributed by atoms with Crippen LogP contribution in [0, 0.1) is 5.92 Å². The molecule has 1 aromatic heterocycles. The molecule has 1 amide bonds. The number of rotatable bonds is 6. The first kappa shape index (κ1) is 25.3. The maximum absolute atomic E-state index is 15.0. The number of anilines is 2. The van der Waals surface area contributed by atoms with E-state index in [0.717, 1.165) is 11.3 Å². The molecule has 1 spiro atoms. The molecule has 4 aromatic rings. The number of benzene rings is 3. The van der Waals surface area contributed by atoms with E-state index in [4.69, 9.17) is 9.47 Å². The largest absolute Gasteiger partial charge is 0.497 e. The smallest absolute Gasteiger partial charge is 0.238 e. The second-order valence-electron chi connectivity index (χ2n) is 10.3. The average molecular weight is 563 g/mol. The van der Waals surface area contributed by atoms with Gasteiger partial charge in [-0.15, -0.1) is 11.3 Å². The number of fused-ring (bicyclic) bond motifs is 6. The summed E-state index contributed by atoms with van der Waals surface area (Å²) >= 11 is 1.33. The van der Waals surface area contributed by atoms with E-state index in [1.807, 2.05) is 77.0 Å². The highest BCUT2D eigenvalue weighted by atomic mass is 32.1. The summed E-state index contributed by atoms with van der Waals surface area (Å²) < 4.78 is 11.1. The van der Waals surface area contributed by atoms with Gasteiger partial charge in [0.05, 0.1) is 36.6 Å². The number of hydrogen-bond acceptors (Lipinski definition) is 7. The van der Waals surface area contributed by atoms with Gasteiger partial charge in [-0.2, -0.15) is 0 Å². The Balaban J connectivity index is 1.55. The summed E-state index contributed by atoms with van der Waals surface area (Å²) in [5.41, 5.74) is 1.94. The molecule has 3 aliphatic heterocycles. The lowest BCUT2D eigenvalue weighted by atomic mass is 9.64. The van der Waals surface area contributed by atoms with Gasteiger partial charge in [0.1, 0.15) is 23.0 Å². The maximum Gasteiger partial charge on any atom is 0.238 e. The minimum absolute atomic E-state index is 0.204. The van der Waals surface area contributed by atoms with Gasteiger partial charge in [0.2, 0.25) is 5.91 Å². The molecule has 7 rings (SSSR count). The number of nitrogens with zero attached hydrogens (tertiary/aromatic N) is 1. The number of ether oxygens (including phenoxy) is 2. The predicted octanol–water partition coefficient (Wildman–Crippen LogP) is 5.62. The molecule has 1 fully saturated rings. The van der Waals surface area contributed by atoms with E-state index >= 15 is 4.79 Å². The third-order valence-corrected chi connectivity index (χ3v) is 9.41. The molecule has 3 aliphatic rings. The van der Waals surface area contributed by atoms with E-state index in [0.29, 0.717) is 27.6 Å². The first-order chi connectivity index (χ1) is 20.0. The average Bonchev–Trinajstić information content (AvgIpc) is 3.73. The molecule has 7 nitrogen and oxygen atoms in total. The van der Waals surface area contributed by atoms with Crippen molar-refractivity contribution in [2.24, 2.45) is 5.92 Å². The number of Topliss-reactive ketones (excluding diaryl/α,β-unsaturated/α-hetero) is 2. The van der Waals surface area contributed by atoms with Crippen molar-refractivity contribution in [3.63, 3.8) is 0 Å². The number of carbonyl (C=O) groups is 3. The Bertz CT molecular complexity index is 1750. The fourth-order valence-corrected chi connectivity index (χ4v) is 7.56. The third-order valence-electron chi connectivity index (χ3n) is 8.53. The van der Waals surface area contributed by atoms with Crippen molar-refractivity contribution in [1.29, 1.82) is 0 Å². The normalized spacial score (nSPS) is 23.5. The Morgan fingerprint density at radius 2 is 1.73 bits per heavy atom. The number of para-hydroxylation sites is 2. The van der Waals surface area contributed by atoms with Gasteiger partial charge in [-0.3, -0.25) is 14.4 Å². The van der Waals surface area contributed by atoms with Crippen LogP contribution in [-0.4, -0.2) is 43.8 Å². The van der Waals surface area contributed by atoms with E-state index in [-0.39, 0.29) is 23.0 Å². The summed E-state index contributed by atoms with van der Waals surface area (Å²) in [7, 11) is 3.02. The van der Waals surface area contributed by atoms with Crippen LogP contribution in [-0.2, 0) is 10.2 Å². The zero-order valence-electron chi connectivity index (χ0n) is 22.4. The Morgan fingerprint density at radius 1 is 0.927 bits per heavy atom. The highest BCUT2D eigenvalue weighted by molar-refractivity contribution is 7.12. The Hall–Kier alpha value is -4.69. The molecule has 4 atom stereocenters. The third kappa shape index (κ3) is 3.47. The number of nitrogens with one attached hydrogen (secondary N) is 1. The van der Waals surface area contributed by atoms with Crippen molar-refractivity contribution < 1.29 is 23.9 Å². The summed E-state index contributed by atoms with van der Waals surface area (Å²) in [6.07, 6.45) is 3.95.